The Labute approximate surface area is 156 Å². The number of phenols is 1. The molecule has 0 spiro atoms. The molecule has 0 saturated carbocycles. The molecule has 26 heavy (non-hydrogen) atoms. The third-order valence-electron chi connectivity index (χ3n) is 2.78. The lowest BCUT2D eigenvalue weighted by molar-refractivity contribution is -0.137. The van der Waals surface area contributed by atoms with Crippen molar-refractivity contribution in [2.75, 3.05) is 0 Å². The molecule has 0 amide bonds. The molecular weight excluding hydrogens is 417 g/mol. The van der Waals surface area contributed by atoms with E-state index in [9.17, 15) is 23.1 Å². The summed E-state index contributed by atoms with van der Waals surface area (Å²) in [5.41, 5.74) is -0.743. The van der Waals surface area contributed by atoms with Gasteiger partial charge in [0.2, 0.25) is 0 Å². The molecule has 8 heteroatoms. The maximum Gasteiger partial charge on any atom is 0.416 e. The highest BCUT2D eigenvalue weighted by Crippen LogP contribution is 2.33. The number of rotatable bonds is 4. The zero-order valence-corrected chi connectivity index (χ0v) is 15.2. The van der Waals surface area contributed by atoms with Gasteiger partial charge in [0.1, 0.15) is 5.75 Å². The number of carboxylic acids is 1. The van der Waals surface area contributed by atoms with Crippen molar-refractivity contribution >= 4 is 21.9 Å². The number of ether oxygens (including phenoxy) is 1. The number of hydrogen-bond acceptors (Lipinski definition) is 3. The Balaban J connectivity index is 0.000000359. The lowest BCUT2D eigenvalue weighted by Gasteiger charge is -2.09. The SMILES string of the molecule is CC(Br)C=CC(=O)O.Oc1ccccc1Oc1ccc(C(F)(F)F)cc1. The summed E-state index contributed by atoms with van der Waals surface area (Å²) in [6.07, 6.45) is -1.70. The Morgan fingerprint density at radius 3 is 2.15 bits per heavy atom. The van der Waals surface area contributed by atoms with Crippen LogP contribution in [0, 0.1) is 0 Å². The first-order chi connectivity index (χ1) is 12.1. The van der Waals surface area contributed by atoms with E-state index in [-0.39, 0.29) is 22.1 Å². The predicted molar refractivity (Wildman–Crippen MR) is 94.8 cm³/mol. The quantitative estimate of drug-likeness (QED) is 0.486. The first-order valence-electron chi connectivity index (χ1n) is 7.28. The second-order valence-electron chi connectivity index (χ2n) is 4.97. The van der Waals surface area contributed by atoms with Gasteiger partial charge in [-0.25, -0.2) is 4.79 Å². The molecule has 2 N–H and O–H groups in total. The first-order valence-corrected chi connectivity index (χ1v) is 8.19. The van der Waals surface area contributed by atoms with E-state index in [1.165, 1.54) is 24.3 Å². The number of aliphatic carboxylic acids is 1. The number of alkyl halides is 4. The van der Waals surface area contributed by atoms with E-state index >= 15 is 0 Å². The summed E-state index contributed by atoms with van der Waals surface area (Å²) in [6.45, 7) is 1.85. The third kappa shape index (κ3) is 8.06. The van der Waals surface area contributed by atoms with Gasteiger partial charge in [-0.1, -0.05) is 34.1 Å². The van der Waals surface area contributed by atoms with Gasteiger partial charge in [0.05, 0.1) is 5.56 Å². The van der Waals surface area contributed by atoms with Crippen LogP contribution in [0.15, 0.2) is 60.7 Å². The second-order valence-corrected chi connectivity index (χ2v) is 6.41. The molecule has 1 unspecified atom stereocenters. The molecule has 0 aliphatic carbocycles. The van der Waals surface area contributed by atoms with Crippen LogP contribution in [0.4, 0.5) is 13.2 Å². The number of allylic oxidation sites excluding steroid dienone is 1. The van der Waals surface area contributed by atoms with Crippen LogP contribution in [-0.2, 0) is 11.0 Å². The lowest BCUT2D eigenvalue weighted by Crippen LogP contribution is -2.03. The van der Waals surface area contributed by atoms with Gasteiger partial charge in [0, 0.05) is 10.9 Å². The zero-order chi connectivity index (χ0) is 19.7. The van der Waals surface area contributed by atoms with Crippen molar-refractivity contribution in [1.29, 1.82) is 0 Å². The van der Waals surface area contributed by atoms with Crippen LogP contribution in [0.2, 0.25) is 0 Å². The monoisotopic (exact) mass is 432 g/mol. The highest BCUT2D eigenvalue weighted by Gasteiger charge is 2.30. The van der Waals surface area contributed by atoms with Crippen LogP contribution in [0.3, 0.4) is 0 Å². The minimum Gasteiger partial charge on any atom is -0.504 e. The molecule has 0 aromatic heterocycles. The van der Waals surface area contributed by atoms with Gasteiger partial charge in [-0.05, 0) is 43.3 Å². The van der Waals surface area contributed by atoms with E-state index in [1.54, 1.807) is 18.2 Å². The van der Waals surface area contributed by atoms with Crippen LogP contribution in [-0.4, -0.2) is 21.0 Å². The Kier molecular flexibility index (Phi) is 8.18. The van der Waals surface area contributed by atoms with Crippen LogP contribution in [0.5, 0.6) is 17.2 Å². The van der Waals surface area contributed by atoms with Crippen molar-refractivity contribution in [1.82, 2.24) is 0 Å². The number of benzene rings is 2. The van der Waals surface area contributed by atoms with Crippen LogP contribution in [0.25, 0.3) is 0 Å². The third-order valence-corrected chi connectivity index (χ3v) is 3.08. The van der Waals surface area contributed by atoms with Gasteiger partial charge in [0.15, 0.2) is 11.5 Å². The largest absolute Gasteiger partial charge is 0.504 e. The molecule has 2 rings (SSSR count). The normalized spacial score (nSPS) is 12.2. The van der Waals surface area contributed by atoms with E-state index < -0.39 is 17.7 Å². The first kappa shape index (κ1) is 21.6. The number of para-hydroxylation sites is 2. The minimum atomic E-state index is -4.37. The van der Waals surface area contributed by atoms with Gasteiger partial charge < -0.3 is 14.9 Å². The number of carbonyl (C=O) groups is 1. The summed E-state index contributed by atoms with van der Waals surface area (Å²) in [4.78, 5) is 9.93. The lowest BCUT2D eigenvalue weighted by atomic mass is 10.2. The zero-order valence-electron chi connectivity index (χ0n) is 13.6. The number of carboxylic acid groups (broad SMARTS) is 1. The average Bonchev–Trinajstić information content (AvgIpc) is 2.55. The van der Waals surface area contributed by atoms with Gasteiger partial charge in [0.25, 0.3) is 0 Å². The molecule has 2 aromatic carbocycles. The summed E-state index contributed by atoms with van der Waals surface area (Å²) in [5, 5.41) is 17.5. The van der Waals surface area contributed by atoms with Gasteiger partial charge in [-0.2, -0.15) is 13.2 Å². The Morgan fingerprint density at radius 1 is 1.15 bits per heavy atom. The highest BCUT2D eigenvalue weighted by atomic mass is 79.9. The van der Waals surface area contributed by atoms with Crippen molar-refractivity contribution < 1.29 is 32.9 Å². The van der Waals surface area contributed by atoms with Crippen LogP contribution < -0.4 is 4.74 Å². The van der Waals surface area contributed by atoms with Crippen molar-refractivity contribution in [3.8, 4) is 17.2 Å². The fourth-order valence-corrected chi connectivity index (χ4v) is 1.75. The summed E-state index contributed by atoms with van der Waals surface area (Å²) in [5.74, 6) is -0.560. The Bertz CT molecular complexity index is 741. The molecular formula is C18H16BrF3O4. The number of halogens is 4. The van der Waals surface area contributed by atoms with E-state index in [2.05, 4.69) is 15.9 Å². The van der Waals surface area contributed by atoms with Gasteiger partial charge in [-0.15, -0.1) is 0 Å². The summed E-state index contributed by atoms with van der Waals surface area (Å²) in [6, 6.07) is 10.5. The average molecular weight is 433 g/mol. The van der Waals surface area contributed by atoms with Gasteiger partial charge >= 0.3 is 12.1 Å². The predicted octanol–water partition coefficient (Wildman–Crippen LogP) is 5.61. The summed E-state index contributed by atoms with van der Waals surface area (Å²) >= 11 is 3.15. The summed E-state index contributed by atoms with van der Waals surface area (Å²) in [7, 11) is 0. The van der Waals surface area contributed by atoms with Gasteiger partial charge in [-0.3, -0.25) is 0 Å². The molecule has 1 atom stereocenters. The van der Waals surface area contributed by atoms with E-state index in [0.29, 0.717) is 0 Å². The molecule has 0 bridgehead atoms. The molecule has 0 aliphatic rings. The minimum absolute atomic E-state index is 0.0719. The number of hydrogen-bond donors (Lipinski definition) is 2. The van der Waals surface area contributed by atoms with E-state index in [0.717, 1.165) is 18.2 Å². The molecule has 0 radical (unpaired) electrons. The van der Waals surface area contributed by atoms with Crippen molar-refractivity contribution in [3.63, 3.8) is 0 Å². The fraction of sp³-hybridized carbons (Fsp3) is 0.167. The van der Waals surface area contributed by atoms with E-state index in [1.807, 2.05) is 6.92 Å². The molecule has 0 fully saturated rings. The summed E-state index contributed by atoms with van der Waals surface area (Å²) < 4.78 is 42.2. The Hall–Kier alpha value is -2.48. The fourth-order valence-electron chi connectivity index (χ4n) is 1.60. The second kappa shape index (κ2) is 9.86. The van der Waals surface area contributed by atoms with Crippen molar-refractivity contribution in [2.24, 2.45) is 0 Å². The number of aromatic hydroxyl groups is 1. The Morgan fingerprint density at radius 2 is 1.73 bits per heavy atom. The molecule has 4 nitrogen and oxygen atoms in total. The smallest absolute Gasteiger partial charge is 0.416 e. The molecule has 0 heterocycles. The standard InChI is InChI=1S/C13H9F3O2.C5H7BrO2/c14-13(15,16)9-5-7-10(8-6-9)18-12-4-2-1-3-11(12)17;1-4(6)2-3-5(7)8/h1-8,17H;2-4H,1H3,(H,7,8). The molecule has 0 saturated heterocycles. The topological polar surface area (TPSA) is 66.8 Å². The maximum atomic E-state index is 12.3. The van der Waals surface area contributed by atoms with Crippen molar-refractivity contribution in [2.45, 2.75) is 17.9 Å². The van der Waals surface area contributed by atoms with Crippen LogP contribution >= 0.6 is 15.9 Å². The maximum absolute atomic E-state index is 12.3. The molecule has 2 aromatic rings. The van der Waals surface area contributed by atoms with Crippen molar-refractivity contribution in [3.05, 3.63) is 66.2 Å². The van der Waals surface area contributed by atoms with E-state index in [4.69, 9.17) is 9.84 Å². The number of phenolic OH excluding ortho intramolecular Hbond substituents is 1. The highest BCUT2D eigenvalue weighted by molar-refractivity contribution is 9.09. The van der Waals surface area contributed by atoms with Crippen LogP contribution in [0.1, 0.15) is 12.5 Å². The molecule has 0 aliphatic heterocycles. The molecule has 140 valence electrons.